The van der Waals surface area contributed by atoms with Crippen LogP contribution in [0.15, 0.2) is 0 Å². The molecule has 0 bridgehead atoms. The zero-order valence-corrected chi connectivity index (χ0v) is 63.9. The van der Waals surface area contributed by atoms with Crippen LogP contribution < -0.4 is 0 Å². The van der Waals surface area contributed by atoms with E-state index >= 15 is 0 Å². The molecule has 0 aliphatic rings. The number of ether oxygens (including phenoxy) is 4. The van der Waals surface area contributed by atoms with Gasteiger partial charge in [0, 0.05) is 25.7 Å². The summed E-state index contributed by atoms with van der Waals surface area (Å²) in [6.07, 6.45) is 52.7. The van der Waals surface area contributed by atoms with Crippen molar-refractivity contribution >= 4 is 39.5 Å². The zero-order valence-electron chi connectivity index (χ0n) is 62.1. The molecule has 0 aromatic carbocycles. The van der Waals surface area contributed by atoms with Crippen LogP contribution in [0.4, 0.5) is 0 Å². The largest absolute Gasteiger partial charge is 0.472 e. The van der Waals surface area contributed by atoms with Crippen molar-refractivity contribution in [3.8, 4) is 0 Å². The van der Waals surface area contributed by atoms with Gasteiger partial charge >= 0.3 is 39.5 Å². The molecule has 0 amide bonds. The van der Waals surface area contributed by atoms with Crippen molar-refractivity contribution < 1.29 is 80.2 Å². The van der Waals surface area contributed by atoms with Gasteiger partial charge in [0.15, 0.2) is 12.2 Å². The maximum absolute atomic E-state index is 13.1. The number of phosphoric acid groups is 2. The fourth-order valence-corrected chi connectivity index (χ4v) is 13.1. The van der Waals surface area contributed by atoms with Gasteiger partial charge in [-0.1, -0.05) is 337 Å². The summed E-state index contributed by atoms with van der Waals surface area (Å²) in [5, 5.41) is 10.6. The quantitative estimate of drug-likeness (QED) is 0.0222. The minimum atomic E-state index is -4.96. The summed E-state index contributed by atoms with van der Waals surface area (Å²) in [6.45, 7) is 11.9. The van der Waals surface area contributed by atoms with Gasteiger partial charge in [-0.05, 0) is 43.4 Å². The van der Waals surface area contributed by atoms with Crippen LogP contribution in [0.3, 0.4) is 0 Å². The van der Waals surface area contributed by atoms with Crippen LogP contribution in [-0.4, -0.2) is 96.7 Å². The number of rotatable bonds is 74. The van der Waals surface area contributed by atoms with Crippen molar-refractivity contribution in [3.63, 3.8) is 0 Å². The van der Waals surface area contributed by atoms with E-state index in [1.165, 1.54) is 199 Å². The predicted octanol–water partition coefficient (Wildman–Crippen LogP) is 22.2. The van der Waals surface area contributed by atoms with Crippen LogP contribution in [0.25, 0.3) is 0 Å². The lowest BCUT2D eigenvalue weighted by atomic mass is 9.99. The highest BCUT2D eigenvalue weighted by molar-refractivity contribution is 7.47. The predicted molar refractivity (Wildman–Crippen MR) is 386 cm³/mol. The van der Waals surface area contributed by atoms with E-state index in [2.05, 4.69) is 48.5 Å². The molecule has 564 valence electrons. The van der Waals surface area contributed by atoms with Gasteiger partial charge in [0.05, 0.1) is 26.4 Å². The third-order valence-electron chi connectivity index (χ3n) is 18.4. The van der Waals surface area contributed by atoms with E-state index in [-0.39, 0.29) is 25.7 Å². The third kappa shape index (κ3) is 67.6. The SMILES string of the molecule is CCCCCCCCCCCCC(=O)OC[C@H](COP(=O)(O)OC[C@H](O)COP(=O)(O)OC[C@@H](COC(=O)CCCCCCCCCCC(C)CC)OC(=O)CCCCCCCCCCCCCCCCCCCCC(C)C)OC(=O)CCCCCCCCCCC(C)CC. The maximum atomic E-state index is 13.1. The zero-order chi connectivity index (χ0) is 70.1. The first kappa shape index (κ1) is 93.1. The first-order valence-corrected chi connectivity index (χ1v) is 42.4. The Morgan fingerprint density at radius 3 is 0.800 bits per heavy atom. The van der Waals surface area contributed by atoms with Crippen molar-refractivity contribution in [1.29, 1.82) is 0 Å². The molecule has 4 unspecified atom stereocenters. The summed E-state index contributed by atoms with van der Waals surface area (Å²) < 4.78 is 68.5. The number of unbranched alkanes of at least 4 members (excludes halogenated alkanes) is 40. The molecule has 0 aromatic heterocycles. The first-order chi connectivity index (χ1) is 45.8. The highest BCUT2D eigenvalue weighted by atomic mass is 31.2. The van der Waals surface area contributed by atoms with Crippen molar-refractivity contribution in [2.45, 2.75) is 407 Å². The summed E-state index contributed by atoms with van der Waals surface area (Å²) in [4.78, 5) is 72.8. The number of esters is 4. The summed E-state index contributed by atoms with van der Waals surface area (Å²) in [5.74, 6) is 0.247. The molecule has 0 radical (unpaired) electrons. The molecule has 0 saturated carbocycles. The van der Waals surface area contributed by atoms with Crippen molar-refractivity contribution in [3.05, 3.63) is 0 Å². The van der Waals surface area contributed by atoms with Crippen LogP contribution in [0.2, 0.25) is 0 Å². The lowest BCUT2D eigenvalue weighted by Crippen LogP contribution is -2.30. The molecule has 0 spiro atoms. The summed E-state index contributed by atoms with van der Waals surface area (Å²) in [6, 6.07) is 0. The number of hydrogen-bond donors (Lipinski definition) is 3. The highest BCUT2D eigenvalue weighted by Gasteiger charge is 2.30. The molecule has 3 N–H and O–H groups in total. The monoisotopic (exact) mass is 1400 g/mol. The Labute approximate surface area is 581 Å². The lowest BCUT2D eigenvalue weighted by molar-refractivity contribution is -0.161. The summed E-state index contributed by atoms with van der Waals surface area (Å²) in [5.41, 5.74) is 0. The molecule has 0 aromatic rings. The average molecular weight is 1400 g/mol. The number of hydrogen-bond acceptors (Lipinski definition) is 15. The van der Waals surface area contributed by atoms with Crippen molar-refractivity contribution in [2.75, 3.05) is 39.6 Å². The van der Waals surface area contributed by atoms with E-state index < -0.39 is 97.5 Å². The average Bonchev–Trinajstić information content (AvgIpc) is 1.39. The molecule has 95 heavy (non-hydrogen) atoms. The van der Waals surface area contributed by atoms with Crippen LogP contribution in [0.5, 0.6) is 0 Å². The topological polar surface area (TPSA) is 237 Å². The second-order valence-electron chi connectivity index (χ2n) is 28.4. The molecule has 0 aliphatic carbocycles. The Balaban J connectivity index is 5.20. The fraction of sp³-hybridized carbons (Fsp3) is 0.947. The summed E-state index contributed by atoms with van der Waals surface area (Å²) in [7, 11) is -9.91. The van der Waals surface area contributed by atoms with Crippen LogP contribution in [-0.2, 0) is 65.4 Å². The Hall–Kier alpha value is -1.94. The Bertz CT molecular complexity index is 1860. The van der Waals surface area contributed by atoms with Gasteiger partial charge in [0.1, 0.15) is 19.3 Å². The molecule has 17 nitrogen and oxygen atoms in total. The number of carbonyl (C=O) groups excluding carboxylic acids is 4. The number of aliphatic hydroxyl groups is 1. The van der Waals surface area contributed by atoms with Crippen molar-refractivity contribution in [1.82, 2.24) is 0 Å². The minimum absolute atomic E-state index is 0.105. The highest BCUT2D eigenvalue weighted by Crippen LogP contribution is 2.45. The summed E-state index contributed by atoms with van der Waals surface area (Å²) >= 11 is 0. The van der Waals surface area contributed by atoms with Gasteiger partial charge in [-0.25, -0.2) is 9.13 Å². The molecular formula is C76H148O17P2. The van der Waals surface area contributed by atoms with Crippen LogP contribution >= 0.6 is 15.6 Å². The van der Waals surface area contributed by atoms with Crippen LogP contribution in [0.1, 0.15) is 389 Å². The van der Waals surface area contributed by atoms with Gasteiger partial charge in [-0.3, -0.25) is 37.3 Å². The van der Waals surface area contributed by atoms with Gasteiger partial charge < -0.3 is 33.8 Å². The van der Waals surface area contributed by atoms with E-state index in [1.807, 2.05) is 0 Å². The van der Waals surface area contributed by atoms with Crippen molar-refractivity contribution in [2.24, 2.45) is 17.8 Å². The van der Waals surface area contributed by atoms with E-state index in [1.54, 1.807) is 0 Å². The first-order valence-electron chi connectivity index (χ1n) is 39.4. The molecule has 7 atom stereocenters. The van der Waals surface area contributed by atoms with Gasteiger partial charge in [-0.2, -0.15) is 0 Å². The molecular weight excluding hydrogens is 1250 g/mol. The molecule has 0 saturated heterocycles. The fourth-order valence-electron chi connectivity index (χ4n) is 11.5. The van der Waals surface area contributed by atoms with Gasteiger partial charge in [-0.15, -0.1) is 0 Å². The Morgan fingerprint density at radius 2 is 0.537 bits per heavy atom. The standard InChI is InChI=1S/C76H148O17P2/c1-8-11-12-13-14-15-27-36-43-50-57-73(78)86-63-72(93-76(81)60-53-46-39-32-30-35-42-49-56-69(7)10-3)66-91-95(84,85)89-62-70(77)61-88-94(82,83)90-65-71(64-87-74(79)58-51-44-37-31-29-34-41-48-55-68(6)9-2)92-75(80)59-52-45-38-28-25-23-21-19-17-16-18-20-22-24-26-33-40-47-54-67(4)5/h67-72,77H,8-66H2,1-7H3,(H,82,83)(H,84,85)/t68?,69?,70-,71-,72-/m1/s1. The molecule has 0 aliphatic heterocycles. The second kappa shape index (κ2) is 66.6. The lowest BCUT2D eigenvalue weighted by Gasteiger charge is -2.21. The van der Waals surface area contributed by atoms with Crippen LogP contribution in [0, 0.1) is 17.8 Å². The van der Waals surface area contributed by atoms with Gasteiger partial charge in [0.25, 0.3) is 0 Å². The maximum Gasteiger partial charge on any atom is 0.472 e. The smallest absolute Gasteiger partial charge is 0.462 e. The Morgan fingerprint density at radius 1 is 0.305 bits per heavy atom. The van der Waals surface area contributed by atoms with Gasteiger partial charge in [0.2, 0.25) is 0 Å². The minimum Gasteiger partial charge on any atom is -0.462 e. The number of carbonyl (C=O) groups is 4. The third-order valence-corrected chi connectivity index (χ3v) is 20.3. The molecule has 0 fully saturated rings. The Kier molecular flexibility index (Phi) is 65.2. The van der Waals surface area contributed by atoms with E-state index in [4.69, 9.17) is 37.0 Å². The van der Waals surface area contributed by atoms with E-state index in [0.717, 1.165) is 108 Å². The van der Waals surface area contributed by atoms with E-state index in [0.29, 0.717) is 25.7 Å². The number of aliphatic hydroxyl groups excluding tert-OH is 1. The molecule has 0 rings (SSSR count). The molecule has 19 heteroatoms. The van der Waals surface area contributed by atoms with E-state index in [9.17, 15) is 43.2 Å². The molecule has 0 heterocycles. The number of phosphoric ester groups is 2. The normalized spacial score (nSPS) is 14.6. The second-order valence-corrected chi connectivity index (χ2v) is 31.3.